The molecule has 1 aromatic carbocycles. The number of nitrogens with two attached hydrogens (primary N) is 1. The average Bonchev–Trinajstić information content (AvgIpc) is 2.28. The molecular formula is C10H19B4N3. The highest BCUT2D eigenvalue weighted by atomic mass is 15.3. The number of hydrogen-bond donors (Lipinski definition) is 2. The fraction of sp³-hybridized carbons (Fsp3) is 0.300. The summed E-state index contributed by atoms with van der Waals surface area (Å²) in [6.45, 7) is 6.60. The van der Waals surface area contributed by atoms with Crippen LogP contribution in [-0.4, -0.2) is 34.9 Å². The molecule has 0 aliphatic carbocycles. The lowest BCUT2D eigenvalue weighted by Crippen LogP contribution is -2.39. The molecule has 0 saturated carbocycles. The van der Waals surface area contributed by atoms with Crippen LogP contribution in [0.2, 0.25) is 0 Å². The van der Waals surface area contributed by atoms with Crippen LogP contribution < -0.4 is 16.6 Å². The van der Waals surface area contributed by atoms with Crippen LogP contribution >= 0.6 is 0 Å². The standard InChI is InChI=1S/C10H19B4N3/c1-6-5-10(17-16-8(3)15)7(2)4-9(6)14(12)13-11/h4-5,13,17H,11-12H2,1-3H3,(H2,15,16). The molecule has 1 rings (SSSR count). The molecule has 86 valence electrons. The van der Waals surface area contributed by atoms with Crippen molar-refractivity contribution in [3.63, 3.8) is 0 Å². The number of hydrogen-bond acceptors (Lipinski definition) is 2. The monoisotopic (exact) mass is 225 g/mol. The predicted octanol–water partition coefficient (Wildman–Crippen LogP) is -1.68. The van der Waals surface area contributed by atoms with Crippen LogP contribution in [0.3, 0.4) is 0 Å². The van der Waals surface area contributed by atoms with Crippen molar-refractivity contribution in [2.45, 2.75) is 20.8 Å². The average molecular weight is 225 g/mol. The zero-order valence-corrected chi connectivity index (χ0v) is 11.5. The minimum Gasteiger partial charge on any atom is -0.386 e. The Morgan fingerprint density at radius 2 is 2.06 bits per heavy atom. The first kappa shape index (κ1) is 13.8. The Morgan fingerprint density at radius 3 is 2.59 bits per heavy atom. The van der Waals surface area contributed by atoms with Crippen molar-refractivity contribution in [1.29, 1.82) is 0 Å². The summed E-state index contributed by atoms with van der Waals surface area (Å²) < 4.78 is 0. The van der Waals surface area contributed by atoms with Gasteiger partial charge in [0.1, 0.15) is 5.84 Å². The lowest BCUT2D eigenvalue weighted by molar-refractivity contribution is 1.27. The highest BCUT2D eigenvalue weighted by Gasteiger charge is 2.12. The van der Waals surface area contributed by atoms with Crippen molar-refractivity contribution in [3.8, 4) is 0 Å². The second-order valence-corrected chi connectivity index (χ2v) is 4.70. The zero-order chi connectivity index (χ0) is 13.0. The van der Waals surface area contributed by atoms with Crippen LogP contribution in [0.5, 0.6) is 0 Å². The van der Waals surface area contributed by atoms with Gasteiger partial charge in [0.25, 0.3) is 0 Å². The van der Waals surface area contributed by atoms with Gasteiger partial charge in [-0.25, -0.2) is 0 Å². The molecule has 0 bridgehead atoms. The summed E-state index contributed by atoms with van der Waals surface area (Å²) in [5.74, 6) is 0.535. The summed E-state index contributed by atoms with van der Waals surface area (Å²) in [5, 5.41) is 4.04. The van der Waals surface area contributed by atoms with Crippen molar-refractivity contribution in [2.24, 2.45) is 10.8 Å². The Balaban J connectivity index is 3.05. The highest BCUT2D eigenvalue weighted by molar-refractivity contribution is 7.50. The van der Waals surface area contributed by atoms with Crippen molar-refractivity contribution >= 4 is 46.0 Å². The van der Waals surface area contributed by atoms with E-state index < -0.39 is 0 Å². The van der Waals surface area contributed by atoms with E-state index in [1.165, 1.54) is 16.6 Å². The molecule has 0 amide bonds. The molecule has 7 heteroatoms. The first-order valence-electron chi connectivity index (χ1n) is 6.12. The number of benzene rings is 1. The number of anilines is 1. The smallest absolute Gasteiger partial charge is 0.116 e. The minimum atomic E-state index is 0.535. The number of aryl methyl sites for hydroxylation is 2. The first-order valence-corrected chi connectivity index (χ1v) is 6.12. The summed E-state index contributed by atoms with van der Waals surface area (Å²) in [7, 11) is 5.64. The van der Waals surface area contributed by atoms with Crippen molar-refractivity contribution in [1.82, 2.24) is 0 Å². The molecule has 3 nitrogen and oxygen atoms in total. The largest absolute Gasteiger partial charge is 0.386 e. The molecule has 0 fully saturated rings. The van der Waals surface area contributed by atoms with Crippen molar-refractivity contribution in [3.05, 3.63) is 23.3 Å². The molecule has 0 spiro atoms. The van der Waals surface area contributed by atoms with Crippen LogP contribution in [-0.2, 0) is 0 Å². The van der Waals surface area contributed by atoms with E-state index in [2.05, 4.69) is 52.0 Å². The molecule has 17 heavy (non-hydrogen) atoms. The van der Waals surface area contributed by atoms with E-state index in [0.29, 0.717) is 12.3 Å². The van der Waals surface area contributed by atoms with Crippen LogP contribution in [0, 0.1) is 13.8 Å². The Kier molecular flexibility index (Phi) is 4.79. The second kappa shape index (κ2) is 5.89. The maximum atomic E-state index is 5.52. The van der Waals surface area contributed by atoms with Crippen LogP contribution in [0.25, 0.3) is 0 Å². The van der Waals surface area contributed by atoms with Gasteiger partial charge in [0.05, 0.1) is 34.7 Å². The third-order valence-electron chi connectivity index (χ3n) is 3.11. The number of rotatable bonds is 4. The fourth-order valence-electron chi connectivity index (χ4n) is 1.86. The molecule has 0 heterocycles. The SMILES string of the molecule is BBB(B)c1cc(C)c(NN=C(C)N)cc1C. The van der Waals surface area contributed by atoms with Gasteiger partial charge in [-0.05, 0) is 32.4 Å². The summed E-state index contributed by atoms with van der Waals surface area (Å²) in [6.07, 6.45) is 0. The van der Waals surface area contributed by atoms with Gasteiger partial charge >= 0.3 is 0 Å². The van der Waals surface area contributed by atoms with Crippen LogP contribution in [0.15, 0.2) is 17.2 Å². The Labute approximate surface area is 107 Å². The van der Waals surface area contributed by atoms with E-state index in [1.807, 2.05) is 0 Å². The van der Waals surface area contributed by atoms with E-state index in [4.69, 9.17) is 5.73 Å². The summed E-state index contributed by atoms with van der Waals surface area (Å²) in [6, 6.07) is 4.39. The summed E-state index contributed by atoms with van der Waals surface area (Å²) in [4.78, 5) is 0. The number of amidine groups is 1. The summed E-state index contributed by atoms with van der Waals surface area (Å²) in [5.41, 5.74) is 13.5. The molecule has 0 atom stereocenters. The van der Waals surface area contributed by atoms with Crippen LogP contribution in [0.1, 0.15) is 18.1 Å². The number of hydrazone groups is 1. The van der Waals surface area contributed by atoms with Crippen LogP contribution in [0.4, 0.5) is 5.69 Å². The molecule has 0 saturated heterocycles. The lowest BCUT2D eigenvalue weighted by atomic mass is 9.03. The molecule has 0 radical (unpaired) electrons. The second-order valence-electron chi connectivity index (χ2n) is 4.70. The Hall–Kier alpha value is -1.25. The first-order chi connectivity index (χ1) is 7.95. The van der Waals surface area contributed by atoms with Crippen molar-refractivity contribution in [2.75, 3.05) is 5.43 Å². The van der Waals surface area contributed by atoms with E-state index in [9.17, 15) is 0 Å². The highest BCUT2D eigenvalue weighted by Crippen LogP contribution is 2.15. The quantitative estimate of drug-likeness (QED) is 0.278. The van der Waals surface area contributed by atoms with Crippen molar-refractivity contribution < 1.29 is 0 Å². The molecule has 0 aliphatic heterocycles. The molecule has 0 aromatic heterocycles. The maximum absolute atomic E-state index is 5.52. The van der Waals surface area contributed by atoms with Gasteiger partial charge in [0.15, 0.2) is 0 Å². The van der Waals surface area contributed by atoms with Gasteiger partial charge in [-0.15, -0.1) is 0 Å². The van der Waals surface area contributed by atoms with Gasteiger partial charge in [0, 0.05) is 0 Å². The van der Waals surface area contributed by atoms with E-state index in [-0.39, 0.29) is 0 Å². The molecule has 0 unspecified atom stereocenters. The fourth-order valence-corrected chi connectivity index (χ4v) is 1.86. The van der Waals surface area contributed by atoms with E-state index in [0.717, 1.165) is 12.7 Å². The summed E-state index contributed by atoms with van der Waals surface area (Å²) >= 11 is 0. The molecule has 1 aromatic rings. The van der Waals surface area contributed by atoms with E-state index in [1.54, 1.807) is 6.92 Å². The van der Waals surface area contributed by atoms with Gasteiger partial charge in [-0.2, -0.15) is 5.10 Å². The van der Waals surface area contributed by atoms with Gasteiger partial charge in [-0.3, -0.25) is 5.43 Å². The lowest BCUT2D eigenvalue weighted by Gasteiger charge is -2.14. The Bertz CT molecular complexity index is 430. The van der Waals surface area contributed by atoms with Gasteiger partial charge in [-0.1, -0.05) is 17.1 Å². The third-order valence-corrected chi connectivity index (χ3v) is 3.11. The molecule has 0 aliphatic rings. The third kappa shape index (κ3) is 3.62. The minimum absolute atomic E-state index is 0.535. The van der Waals surface area contributed by atoms with E-state index >= 15 is 0 Å². The Morgan fingerprint density at radius 1 is 1.41 bits per heavy atom. The molecular weight excluding hydrogens is 205 g/mol. The molecule has 3 N–H and O–H groups in total. The van der Waals surface area contributed by atoms with Gasteiger partial charge in [0.2, 0.25) is 0 Å². The number of nitrogens with zero attached hydrogens (tertiary/aromatic N) is 1. The maximum Gasteiger partial charge on any atom is 0.116 e. The normalized spacial score (nSPS) is 11.1. The number of nitrogens with one attached hydrogen (secondary N) is 1. The topological polar surface area (TPSA) is 50.4 Å². The zero-order valence-electron chi connectivity index (χ0n) is 11.5. The van der Waals surface area contributed by atoms with Gasteiger partial charge < -0.3 is 5.73 Å². The predicted molar refractivity (Wildman–Crippen MR) is 86.5 cm³/mol.